The maximum Gasteiger partial charge on any atom is 0.380 e. The first kappa shape index (κ1) is 18.7. The van der Waals surface area contributed by atoms with Crippen LogP contribution in [0.25, 0.3) is 0 Å². The number of anilines is 1. The van der Waals surface area contributed by atoms with Crippen molar-refractivity contribution >= 4 is 32.2 Å². The van der Waals surface area contributed by atoms with Crippen molar-refractivity contribution < 1.29 is 30.0 Å². The zero-order chi connectivity index (χ0) is 18.7. The molecule has 12 heteroatoms. The standard InChI is InChI=1S/C13H13N3O7S2/c14-24(18,19)22-11-5-1-9(2-6-11)13(17)16-10-3-7-12(8-4-10)23-25(15,20)21/h1-8H,(H,16,17)(H2,14,18,19)(H2,15,20,21). The maximum atomic E-state index is 12.1. The summed E-state index contributed by atoms with van der Waals surface area (Å²) in [4.78, 5) is 12.1. The molecular weight excluding hydrogens is 374 g/mol. The first-order valence-corrected chi connectivity index (χ1v) is 9.42. The van der Waals surface area contributed by atoms with Crippen molar-refractivity contribution in [1.29, 1.82) is 0 Å². The molecule has 0 unspecified atom stereocenters. The number of nitrogens with two attached hydrogens (primary N) is 2. The molecule has 25 heavy (non-hydrogen) atoms. The summed E-state index contributed by atoms with van der Waals surface area (Å²) in [6.07, 6.45) is 0. The maximum absolute atomic E-state index is 12.1. The minimum absolute atomic E-state index is 0.00926. The molecule has 1 amide bonds. The molecule has 0 spiro atoms. The van der Waals surface area contributed by atoms with Crippen molar-refractivity contribution in [3.05, 3.63) is 54.1 Å². The van der Waals surface area contributed by atoms with E-state index in [1.54, 1.807) is 0 Å². The summed E-state index contributed by atoms with van der Waals surface area (Å²) in [7, 11) is -8.26. The fourth-order valence-corrected chi connectivity index (χ4v) is 2.49. The highest BCUT2D eigenvalue weighted by molar-refractivity contribution is 7.85. The van der Waals surface area contributed by atoms with Crippen molar-refractivity contribution in [2.24, 2.45) is 10.3 Å². The molecule has 2 rings (SSSR count). The summed E-state index contributed by atoms with van der Waals surface area (Å²) in [5.41, 5.74) is 0.600. The number of benzene rings is 2. The molecule has 134 valence electrons. The minimum Gasteiger partial charge on any atom is -0.371 e. The van der Waals surface area contributed by atoms with Crippen LogP contribution in [0.2, 0.25) is 0 Å². The fourth-order valence-electron chi connectivity index (χ4n) is 1.73. The van der Waals surface area contributed by atoms with Crippen LogP contribution >= 0.6 is 0 Å². The normalized spacial score (nSPS) is 11.6. The summed E-state index contributed by atoms with van der Waals surface area (Å²) in [5, 5.41) is 12.0. The van der Waals surface area contributed by atoms with Gasteiger partial charge in [-0.15, -0.1) is 0 Å². The van der Waals surface area contributed by atoms with Gasteiger partial charge in [-0.1, -0.05) is 0 Å². The van der Waals surface area contributed by atoms with Crippen LogP contribution < -0.4 is 24.0 Å². The van der Waals surface area contributed by atoms with Gasteiger partial charge in [-0.3, -0.25) is 4.79 Å². The van der Waals surface area contributed by atoms with E-state index in [9.17, 15) is 21.6 Å². The van der Waals surface area contributed by atoms with Gasteiger partial charge >= 0.3 is 20.6 Å². The van der Waals surface area contributed by atoms with Crippen molar-refractivity contribution in [3.63, 3.8) is 0 Å². The average Bonchev–Trinajstić information content (AvgIpc) is 2.47. The Morgan fingerprint density at radius 1 is 0.760 bits per heavy atom. The molecule has 10 nitrogen and oxygen atoms in total. The Morgan fingerprint density at radius 3 is 1.56 bits per heavy atom. The first-order valence-electron chi connectivity index (χ1n) is 6.48. The largest absolute Gasteiger partial charge is 0.380 e. The molecule has 0 heterocycles. The third kappa shape index (κ3) is 6.39. The second-order valence-electron chi connectivity index (χ2n) is 4.66. The van der Waals surface area contributed by atoms with Gasteiger partial charge < -0.3 is 13.7 Å². The molecular formula is C13H13N3O7S2. The topological polar surface area (TPSA) is 168 Å². The molecule has 0 atom stereocenters. The molecule has 0 aliphatic heterocycles. The zero-order valence-electron chi connectivity index (χ0n) is 12.4. The van der Waals surface area contributed by atoms with Crippen molar-refractivity contribution in [3.8, 4) is 11.5 Å². The van der Waals surface area contributed by atoms with Crippen molar-refractivity contribution in [2.45, 2.75) is 0 Å². The van der Waals surface area contributed by atoms with Gasteiger partial charge in [0.25, 0.3) is 5.91 Å². The second-order valence-corrected chi connectivity index (χ2v) is 6.96. The van der Waals surface area contributed by atoms with E-state index < -0.39 is 26.5 Å². The third-order valence-electron chi connectivity index (χ3n) is 2.65. The molecule has 0 fully saturated rings. The van der Waals surface area contributed by atoms with Crippen LogP contribution in [0, 0.1) is 0 Å². The van der Waals surface area contributed by atoms with E-state index in [2.05, 4.69) is 13.7 Å². The van der Waals surface area contributed by atoms with E-state index in [4.69, 9.17) is 10.3 Å². The van der Waals surface area contributed by atoms with Crippen LogP contribution in [-0.4, -0.2) is 22.7 Å². The lowest BCUT2D eigenvalue weighted by Gasteiger charge is -2.07. The van der Waals surface area contributed by atoms with Crippen LogP contribution in [0.5, 0.6) is 11.5 Å². The number of carbonyl (C=O) groups is 1. The first-order chi connectivity index (χ1) is 11.5. The number of hydrogen-bond donors (Lipinski definition) is 3. The van der Waals surface area contributed by atoms with Crippen molar-refractivity contribution in [1.82, 2.24) is 0 Å². The van der Waals surface area contributed by atoms with E-state index in [1.807, 2.05) is 0 Å². The summed E-state index contributed by atoms with van der Waals surface area (Å²) in [6, 6.07) is 10.7. The monoisotopic (exact) mass is 387 g/mol. The molecule has 0 bridgehead atoms. The highest BCUT2D eigenvalue weighted by Gasteiger charge is 2.10. The van der Waals surface area contributed by atoms with E-state index in [0.29, 0.717) is 5.69 Å². The minimum atomic E-state index is -4.14. The van der Waals surface area contributed by atoms with Crippen LogP contribution in [0.1, 0.15) is 10.4 Å². The SMILES string of the molecule is NS(=O)(=O)Oc1ccc(NC(=O)c2ccc(OS(N)(=O)=O)cc2)cc1. The second kappa shape index (κ2) is 7.06. The Bertz CT molecular complexity index is 969. The van der Waals surface area contributed by atoms with Gasteiger partial charge in [0.05, 0.1) is 0 Å². The third-order valence-corrected chi connectivity index (χ3v) is 3.50. The highest BCUT2D eigenvalue weighted by atomic mass is 32.2. The molecule has 0 aromatic heterocycles. The van der Waals surface area contributed by atoms with Crippen LogP contribution in [0.4, 0.5) is 5.69 Å². The summed E-state index contributed by atoms with van der Waals surface area (Å²) in [6.45, 7) is 0. The van der Waals surface area contributed by atoms with Crippen LogP contribution in [0.3, 0.4) is 0 Å². The highest BCUT2D eigenvalue weighted by Crippen LogP contribution is 2.18. The van der Waals surface area contributed by atoms with Gasteiger partial charge in [0.15, 0.2) is 0 Å². The van der Waals surface area contributed by atoms with Gasteiger partial charge in [-0.2, -0.15) is 27.1 Å². The summed E-state index contributed by atoms with van der Waals surface area (Å²) >= 11 is 0. The van der Waals surface area contributed by atoms with Gasteiger partial charge in [0.2, 0.25) is 0 Å². The summed E-state index contributed by atoms with van der Waals surface area (Å²) < 4.78 is 52.1. The average molecular weight is 387 g/mol. The molecule has 0 radical (unpaired) electrons. The quantitative estimate of drug-likeness (QED) is 0.631. The van der Waals surface area contributed by atoms with Crippen molar-refractivity contribution in [2.75, 3.05) is 5.32 Å². The Morgan fingerprint density at radius 2 is 1.16 bits per heavy atom. The fraction of sp³-hybridized carbons (Fsp3) is 0. The number of rotatable bonds is 6. The van der Waals surface area contributed by atoms with Gasteiger partial charge in [-0.05, 0) is 48.5 Å². The molecule has 2 aromatic carbocycles. The predicted octanol–water partition coefficient (Wildman–Crippen LogP) is 0.104. The van der Waals surface area contributed by atoms with Crippen LogP contribution in [0.15, 0.2) is 48.5 Å². The molecule has 5 N–H and O–H groups in total. The van der Waals surface area contributed by atoms with E-state index >= 15 is 0 Å². The lowest BCUT2D eigenvalue weighted by molar-refractivity contribution is 0.102. The van der Waals surface area contributed by atoms with E-state index in [1.165, 1.54) is 48.5 Å². The smallest absolute Gasteiger partial charge is 0.371 e. The van der Waals surface area contributed by atoms with Gasteiger partial charge in [-0.25, -0.2) is 0 Å². The number of carbonyl (C=O) groups excluding carboxylic acids is 1. The number of amides is 1. The lowest BCUT2D eigenvalue weighted by atomic mass is 10.2. The molecule has 0 aliphatic rings. The number of nitrogens with one attached hydrogen (secondary N) is 1. The van der Waals surface area contributed by atoms with Gasteiger partial charge in [0, 0.05) is 11.3 Å². The Kier molecular flexibility index (Phi) is 5.27. The summed E-state index contributed by atoms with van der Waals surface area (Å²) in [5.74, 6) is -0.532. The predicted molar refractivity (Wildman–Crippen MR) is 88.3 cm³/mol. The van der Waals surface area contributed by atoms with E-state index in [0.717, 1.165) is 0 Å². The van der Waals surface area contributed by atoms with Crippen LogP contribution in [-0.2, 0) is 20.6 Å². The zero-order valence-corrected chi connectivity index (χ0v) is 14.1. The van der Waals surface area contributed by atoms with Gasteiger partial charge in [0.1, 0.15) is 11.5 Å². The number of hydrogen-bond acceptors (Lipinski definition) is 7. The lowest BCUT2D eigenvalue weighted by Crippen LogP contribution is -2.19. The Balaban J connectivity index is 2.04. The molecule has 0 saturated heterocycles. The molecule has 0 aliphatic carbocycles. The molecule has 2 aromatic rings. The Hall–Kier alpha value is -2.67. The van der Waals surface area contributed by atoms with E-state index in [-0.39, 0.29) is 17.1 Å². The Labute approximate surface area is 143 Å². The molecule has 0 saturated carbocycles.